The van der Waals surface area contributed by atoms with Crippen molar-refractivity contribution in [3.8, 4) is 0 Å². The van der Waals surface area contributed by atoms with Gasteiger partial charge >= 0.3 is 5.97 Å². The molecule has 0 aliphatic rings. The minimum Gasteiger partial charge on any atom is -0.479 e. The van der Waals surface area contributed by atoms with Crippen LogP contribution in [-0.4, -0.2) is 22.4 Å². The summed E-state index contributed by atoms with van der Waals surface area (Å²) >= 11 is 0. The topological polar surface area (TPSA) is 57.5 Å². The van der Waals surface area contributed by atoms with E-state index in [0.717, 1.165) is 5.56 Å². The van der Waals surface area contributed by atoms with E-state index in [0.29, 0.717) is 0 Å². The van der Waals surface area contributed by atoms with Gasteiger partial charge in [-0.25, -0.2) is 9.18 Å². The van der Waals surface area contributed by atoms with E-state index in [1.54, 1.807) is 25.1 Å². The SMILES string of the molecule is Cc1cccc(C(O)C(F)C(=O)O)c1. The summed E-state index contributed by atoms with van der Waals surface area (Å²) in [7, 11) is 0. The van der Waals surface area contributed by atoms with Crippen molar-refractivity contribution in [2.45, 2.75) is 19.2 Å². The Morgan fingerprint density at radius 3 is 2.64 bits per heavy atom. The number of carboxylic acids is 1. The lowest BCUT2D eigenvalue weighted by atomic mass is 10.0. The highest BCUT2D eigenvalue weighted by atomic mass is 19.1. The van der Waals surface area contributed by atoms with Gasteiger partial charge < -0.3 is 10.2 Å². The summed E-state index contributed by atoms with van der Waals surface area (Å²) in [4.78, 5) is 10.3. The molecule has 0 fully saturated rings. The Labute approximate surface area is 80.8 Å². The molecule has 0 saturated carbocycles. The Hall–Kier alpha value is -1.42. The van der Waals surface area contributed by atoms with Crippen LogP contribution in [0, 0.1) is 6.92 Å². The summed E-state index contributed by atoms with van der Waals surface area (Å²) in [5, 5.41) is 17.7. The number of aryl methyl sites for hydroxylation is 1. The number of rotatable bonds is 3. The number of hydrogen-bond donors (Lipinski definition) is 2. The normalized spacial score (nSPS) is 14.8. The largest absolute Gasteiger partial charge is 0.479 e. The minimum absolute atomic E-state index is 0.278. The van der Waals surface area contributed by atoms with Gasteiger partial charge in [0.2, 0.25) is 6.17 Å². The summed E-state index contributed by atoms with van der Waals surface area (Å²) in [6.45, 7) is 1.78. The number of alkyl halides is 1. The Bertz CT molecular complexity index is 338. The molecule has 1 aromatic carbocycles. The van der Waals surface area contributed by atoms with Crippen LogP contribution in [0.4, 0.5) is 4.39 Å². The van der Waals surface area contributed by atoms with E-state index in [4.69, 9.17) is 5.11 Å². The lowest BCUT2D eigenvalue weighted by Crippen LogP contribution is -2.23. The molecule has 2 atom stereocenters. The third-order valence-electron chi connectivity index (χ3n) is 1.90. The lowest BCUT2D eigenvalue weighted by Gasteiger charge is -2.12. The quantitative estimate of drug-likeness (QED) is 0.772. The second-order valence-corrected chi connectivity index (χ2v) is 3.10. The number of aliphatic hydroxyl groups excluding tert-OH is 1. The Balaban J connectivity index is 2.89. The molecule has 0 saturated heterocycles. The Morgan fingerprint density at radius 1 is 1.50 bits per heavy atom. The maximum Gasteiger partial charge on any atom is 0.341 e. The average Bonchev–Trinajstić information content (AvgIpc) is 2.15. The van der Waals surface area contributed by atoms with E-state index in [-0.39, 0.29) is 5.56 Å². The molecule has 2 N–H and O–H groups in total. The number of benzene rings is 1. The first-order valence-electron chi connectivity index (χ1n) is 4.14. The van der Waals surface area contributed by atoms with Gasteiger partial charge in [-0.1, -0.05) is 29.8 Å². The molecule has 0 amide bonds. The Morgan fingerprint density at radius 2 is 2.14 bits per heavy atom. The first kappa shape index (κ1) is 10.7. The highest BCUT2D eigenvalue weighted by Crippen LogP contribution is 2.20. The van der Waals surface area contributed by atoms with Crippen molar-refractivity contribution in [2.24, 2.45) is 0 Å². The van der Waals surface area contributed by atoms with Crippen LogP contribution in [0.5, 0.6) is 0 Å². The molecular formula is C10H11FO3. The zero-order valence-electron chi connectivity index (χ0n) is 7.64. The van der Waals surface area contributed by atoms with Gasteiger partial charge in [0.25, 0.3) is 0 Å². The molecule has 0 bridgehead atoms. The number of carbonyl (C=O) groups is 1. The highest BCUT2D eigenvalue weighted by Gasteiger charge is 2.27. The summed E-state index contributed by atoms with van der Waals surface area (Å²) in [6.07, 6.45) is -3.89. The van der Waals surface area contributed by atoms with Crippen molar-refractivity contribution in [1.82, 2.24) is 0 Å². The zero-order valence-corrected chi connectivity index (χ0v) is 7.64. The Kier molecular flexibility index (Phi) is 3.19. The van der Waals surface area contributed by atoms with E-state index in [2.05, 4.69) is 0 Å². The van der Waals surface area contributed by atoms with Crippen molar-refractivity contribution >= 4 is 5.97 Å². The van der Waals surface area contributed by atoms with Gasteiger partial charge in [-0.2, -0.15) is 0 Å². The molecule has 0 aromatic heterocycles. The van der Waals surface area contributed by atoms with Gasteiger partial charge in [-0.15, -0.1) is 0 Å². The highest BCUT2D eigenvalue weighted by molar-refractivity contribution is 5.73. The van der Waals surface area contributed by atoms with Crippen molar-refractivity contribution < 1.29 is 19.4 Å². The molecule has 76 valence electrons. The van der Waals surface area contributed by atoms with E-state index in [1.165, 1.54) is 6.07 Å². The molecule has 14 heavy (non-hydrogen) atoms. The van der Waals surface area contributed by atoms with E-state index < -0.39 is 18.2 Å². The smallest absolute Gasteiger partial charge is 0.341 e. The summed E-state index contributed by atoms with van der Waals surface area (Å²) in [5.74, 6) is -1.65. The predicted molar refractivity (Wildman–Crippen MR) is 48.7 cm³/mol. The molecule has 0 radical (unpaired) electrons. The van der Waals surface area contributed by atoms with Gasteiger partial charge in [0.05, 0.1) is 0 Å². The van der Waals surface area contributed by atoms with E-state index in [9.17, 15) is 14.3 Å². The number of aliphatic hydroxyl groups is 1. The van der Waals surface area contributed by atoms with Gasteiger partial charge in [-0.05, 0) is 12.5 Å². The summed E-state index contributed by atoms with van der Waals surface area (Å²) in [6, 6.07) is 6.47. The van der Waals surface area contributed by atoms with Crippen molar-refractivity contribution in [3.05, 3.63) is 35.4 Å². The fraction of sp³-hybridized carbons (Fsp3) is 0.300. The molecule has 1 rings (SSSR count). The zero-order chi connectivity index (χ0) is 10.7. The lowest BCUT2D eigenvalue weighted by molar-refractivity contribution is -0.147. The minimum atomic E-state index is -2.28. The standard InChI is InChI=1S/C10H11FO3/c1-6-3-2-4-7(5-6)9(12)8(11)10(13)14/h2-5,8-9,12H,1H3,(H,13,14). The molecular weight excluding hydrogens is 187 g/mol. The maximum atomic E-state index is 12.9. The number of aliphatic carboxylic acids is 1. The fourth-order valence-corrected chi connectivity index (χ4v) is 1.16. The molecule has 0 spiro atoms. The summed E-state index contributed by atoms with van der Waals surface area (Å²) < 4.78 is 12.9. The average molecular weight is 198 g/mol. The third-order valence-corrected chi connectivity index (χ3v) is 1.90. The van der Waals surface area contributed by atoms with Gasteiger partial charge in [0.1, 0.15) is 6.10 Å². The van der Waals surface area contributed by atoms with Crippen molar-refractivity contribution in [2.75, 3.05) is 0 Å². The third kappa shape index (κ3) is 2.29. The molecule has 0 aliphatic carbocycles. The molecule has 2 unspecified atom stereocenters. The van der Waals surface area contributed by atoms with Crippen molar-refractivity contribution in [3.63, 3.8) is 0 Å². The second-order valence-electron chi connectivity index (χ2n) is 3.10. The van der Waals surface area contributed by atoms with Gasteiger partial charge in [0.15, 0.2) is 0 Å². The van der Waals surface area contributed by atoms with Crippen LogP contribution in [0.1, 0.15) is 17.2 Å². The summed E-state index contributed by atoms with van der Waals surface area (Å²) in [5.41, 5.74) is 1.12. The van der Waals surface area contributed by atoms with Gasteiger partial charge in [0, 0.05) is 0 Å². The molecule has 1 aromatic rings. The fourth-order valence-electron chi connectivity index (χ4n) is 1.16. The van der Waals surface area contributed by atoms with E-state index >= 15 is 0 Å². The van der Waals surface area contributed by atoms with Gasteiger partial charge in [-0.3, -0.25) is 0 Å². The van der Waals surface area contributed by atoms with Crippen LogP contribution in [0.2, 0.25) is 0 Å². The number of hydrogen-bond acceptors (Lipinski definition) is 2. The molecule has 0 aliphatic heterocycles. The number of halogens is 1. The van der Waals surface area contributed by atoms with Crippen LogP contribution < -0.4 is 0 Å². The van der Waals surface area contributed by atoms with Crippen LogP contribution in [-0.2, 0) is 4.79 Å². The van der Waals surface area contributed by atoms with Crippen LogP contribution in [0.25, 0.3) is 0 Å². The number of carboxylic acid groups (broad SMARTS) is 1. The monoisotopic (exact) mass is 198 g/mol. The second kappa shape index (κ2) is 4.19. The van der Waals surface area contributed by atoms with Crippen LogP contribution in [0.3, 0.4) is 0 Å². The first-order valence-corrected chi connectivity index (χ1v) is 4.14. The van der Waals surface area contributed by atoms with Crippen molar-refractivity contribution in [1.29, 1.82) is 0 Å². The maximum absolute atomic E-state index is 12.9. The predicted octanol–water partition coefficient (Wildman–Crippen LogP) is 1.45. The van der Waals surface area contributed by atoms with Crippen LogP contribution in [0.15, 0.2) is 24.3 Å². The molecule has 0 heterocycles. The molecule has 3 nitrogen and oxygen atoms in total. The first-order chi connectivity index (χ1) is 6.52. The molecule has 4 heteroatoms. The van der Waals surface area contributed by atoms with Crippen LogP contribution >= 0.6 is 0 Å². The van der Waals surface area contributed by atoms with E-state index in [1.807, 2.05) is 0 Å².